The van der Waals surface area contributed by atoms with Crippen LogP contribution in [0.25, 0.3) is 0 Å². The van der Waals surface area contributed by atoms with Gasteiger partial charge < -0.3 is 15.7 Å². The van der Waals surface area contributed by atoms with E-state index in [9.17, 15) is 14.0 Å². The average Bonchev–Trinajstić information content (AvgIpc) is 2.37. The first-order chi connectivity index (χ1) is 9.97. The third-order valence-electron chi connectivity index (χ3n) is 3.75. The Morgan fingerprint density at radius 2 is 2.10 bits per heavy atom. The Balaban J connectivity index is 2.03. The lowest BCUT2D eigenvalue weighted by Gasteiger charge is -2.27. The highest BCUT2D eigenvalue weighted by Gasteiger charge is 2.22. The van der Waals surface area contributed by atoms with Crippen LogP contribution in [0, 0.1) is 11.7 Å². The summed E-state index contributed by atoms with van der Waals surface area (Å²) >= 11 is 0. The molecule has 1 aliphatic carbocycles. The minimum atomic E-state index is -1.41. The van der Waals surface area contributed by atoms with Crippen molar-refractivity contribution in [2.45, 2.75) is 38.6 Å². The van der Waals surface area contributed by atoms with E-state index in [2.05, 4.69) is 17.6 Å². The molecule has 0 aromatic heterocycles. The van der Waals surface area contributed by atoms with Crippen LogP contribution in [0.2, 0.25) is 0 Å². The smallest absolute Gasteiger partial charge is 0.340 e. The number of halogens is 1. The molecule has 3 N–H and O–H groups in total. The minimum absolute atomic E-state index is 0.0381. The number of hydrogen-bond donors (Lipinski definition) is 3. The summed E-state index contributed by atoms with van der Waals surface area (Å²) in [4.78, 5) is 23.0. The summed E-state index contributed by atoms with van der Waals surface area (Å²) in [6, 6.07) is 3.36. The zero-order valence-corrected chi connectivity index (χ0v) is 11.9. The lowest BCUT2D eigenvalue weighted by molar-refractivity contribution is 0.0693. The molecule has 1 aliphatic rings. The molecule has 0 bridgehead atoms. The zero-order chi connectivity index (χ0) is 15.4. The third kappa shape index (κ3) is 3.93. The number of benzene rings is 1. The molecular weight excluding hydrogens is 275 g/mol. The van der Waals surface area contributed by atoms with Crippen molar-refractivity contribution < 1.29 is 19.1 Å². The van der Waals surface area contributed by atoms with Crippen molar-refractivity contribution in [2.75, 3.05) is 5.32 Å². The first kappa shape index (κ1) is 15.3. The quantitative estimate of drug-likeness (QED) is 0.801. The second-order valence-corrected chi connectivity index (χ2v) is 5.53. The predicted octanol–water partition coefficient (Wildman–Crippen LogP) is 3.22. The monoisotopic (exact) mass is 294 g/mol. The van der Waals surface area contributed by atoms with Gasteiger partial charge in [0.2, 0.25) is 0 Å². The van der Waals surface area contributed by atoms with Gasteiger partial charge in [-0.15, -0.1) is 0 Å². The van der Waals surface area contributed by atoms with Crippen LogP contribution in [0.3, 0.4) is 0 Å². The Labute approximate surface area is 122 Å². The van der Waals surface area contributed by atoms with Crippen LogP contribution >= 0.6 is 0 Å². The van der Waals surface area contributed by atoms with Gasteiger partial charge in [0.15, 0.2) is 0 Å². The van der Waals surface area contributed by atoms with E-state index < -0.39 is 23.4 Å². The lowest BCUT2D eigenvalue weighted by atomic mass is 9.87. The summed E-state index contributed by atoms with van der Waals surface area (Å²) in [5, 5.41) is 14.2. The Kier molecular flexibility index (Phi) is 4.77. The Morgan fingerprint density at radius 1 is 1.33 bits per heavy atom. The van der Waals surface area contributed by atoms with E-state index in [1.165, 1.54) is 12.1 Å². The van der Waals surface area contributed by atoms with Gasteiger partial charge in [-0.05, 0) is 30.9 Å². The van der Waals surface area contributed by atoms with E-state index in [1.807, 2.05) is 0 Å². The van der Waals surface area contributed by atoms with Gasteiger partial charge in [-0.25, -0.2) is 14.0 Å². The Bertz CT molecular complexity index is 548. The summed E-state index contributed by atoms with van der Waals surface area (Å²) < 4.78 is 13.5. The van der Waals surface area contributed by atoms with Gasteiger partial charge in [-0.3, -0.25) is 0 Å². The fourth-order valence-corrected chi connectivity index (χ4v) is 2.75. The summed E-state index contributed by atoms with van der Waals surface area (Å²) in [6.07, 6.45) is 4.04. The highest BCUT2D eigenvalue weighted by atomic mass is 19.1. The first-order valence-corrected chi connectivity index (χ1v) is 7.06. The second kappa shape index (κ2) is 6.56. The van der Waals surface area contributed by atoms with Crippen molar-refractivity contribution in [3.8, 4) is 0 Å². The molecule has 2 amide bonds. The summed E-state index contributed by atoms with van der Waals surface area (Å²) in [5.41, 5.74) is -0.562. The topological polar surface area (TPSA) is 78.4 Å². The Morgan fingerprint density at radius 3 is 2.76 bits per heavy atom. The summed E-state index contributed by atoms with van der Waals surface area (Å²) in [7, 11) is 0. The number of hydrogen-bond acceptors (Lipinski definition) is 2. The maximum Gasteiger partial charge on any atom is 0.340 e. The molecule has 2 rings (SSSR count). The van der Waals surface area contributed by atoms with E-state index in [-0.39, 0.29) is 11.7 Å². The van der Waals surface area contributed by atoms with Crippen LogP contribution in [0.1, 0.15) is 43.0 Å². The summed E-state index contributed by atoms with van der Waals surface area (Å²) in [5.74, 6) is -1.71. The molecule has 0 spiro atoms. The van der Waals surface area contributed by atoms with Crippen LogP contribution < -0.4 is 10.6 Å². The van der Waals surface area contributed by atoms with Crippen LogP contribution in [0.15, 0.2) is 18.2 Å². The van der Waals surface area contributed by atoms with Crippen molar-refractivity contribution in [2.24, 2.45) is 5.92 Å². The van der Waals surface area contributed by atoms with Gasteiger partial charge in [0, 0.05) is 6.04 Å². The fourth-order valence-electron chi connectivity index (χ4n) is 2.75. The molecule has 114 valence electrons. The number of carbonyl (C=O) groups excluding carboxylic acids is 1. The van der Waals surface area contributed by atoms with E-state index in [1.54, 1.807) is 0 Å². The van der Waals surface area contributed by atoms with Gasteiger partial charge in [0.25, 0.3) is 0 Å². The number of nitrogens with one attached hydrogen (secondary N) is 2. The van der Waals surface area contributed by atoms with Crippen LogP contribution in [0.4, 0.5) is 14.9 Å². The molecule has 2 atom stereocenters. The first-order valence-electron chi connectivity index (χ1n) is 7.06. The van der Waals surface area contributed by atoms with E-state index >= 15 is 0 Å². The molecular formula is C15H19FN2O3. The molecule has 21 heavy (non-hydrogen) atoms. The number of aromatic carboxylic acids is 1. The SMILES string of the molecule is CC1CCCC(NC(=O)Nc2cccc(F)c2C(=O)O)C1. The van der Waals surface area contributed by atoms with E-state index in [0.29, 0.717) is 5.92 Å². The van der Waals surface area contributed by atoms with Crippen molar-refractivity contribution in [1.82, 2.24) is 5.32 Å². The highest BCUT2D eigenvalue weighted by molar-refractivity contribution is 6.00. The second-order valence-electron chi connectivity index (χ2n) is 5.53. The maximum atomic E-state index is 13.5. The minimum Gasteiger partial charge on any atom is -0.478 e. The molecule has 1 saturated carbocycles. The van der Waals surface area contributed by atoms with E-state index in [4.69, 9.17) is 5.11 Å². The van der Waals surface area contributed by atoms with Gasteiger partial charge in [-0.1, -0.05) is 25.8 Å². The number of urea groups is 1. The van der Waals surface area contributed by atoms with Crippen molar-refractivity contribution in [3.63, 3.8) is 0 Å². The van der Waals surface area contributed by atoms with E-state index in [0.717, 1.165) is 31.7 Å². The molecule has 2 unspecified atom stereocenters. The zero-order valence-electron chi connectivity index (χ0n) is 11.9. The van der Waals surface area contributed by atoms with Crippen LogP contribution in [-0.2, 0) is 0 Å². The number of carboxylic acid groups (broad SMARTS) is 1. The van der Waals surface area contributed by atoms with Gasteiger partial charge in [-0.2, -0.15) is 0 Å². The maximum absolute atomic E-state index is 13.5. The third-order valence-corrected chi connectivity index (χ3v) is 3.75. The standard InChI is InChI=1S/C15H19FN2O3/c1-9-4-2-5-10(8-9)17-15(21)18-12-7-3-6-11(16)13(12)14(19)20/h3,6-7,9-10H,2,4-5,8H2,1H3,(H,19,20)(H2,17,18,21). The van der Waals surface area contributed by atoms with Crippen LogP contribution in [-0.4, -0.2) is 23.1 Å². The molecule has 0 saturated heterocycles. The molecule has 0 radical (unpaired) electrons. The predicted molar refractivity (Wildman–Crippen MR) is 76.9 cm³/mol. The number of carboxylic acids is 1. The molecule has 6 heteroatoms. The fraction of sp³-hybridized carbons (Fsp3) is 0.467. The lowest BCUT2D eigenvalue weighted by Crippen LogP contribution is -2.40. The highest BCUT2D eigenvalue weighted by Crippen LogP contribution is 2.24. The summed E-state index contributed by atoms with van der Waals surface area (Å²) in [6.45, 7) is 2.14. The molecule has 0 aliphatic heterocycles. The number of rotatable bonds is 3. The molecule has 1 aromatic carbocycles. The average molecular weight is 294 g/mol. The van der Waals surface area contributed by atoms with Crippen LogP contribution in [0.5, 0.6) is 0 Å². The van der Waals surface area contributed by atoms with Gasteiger partial charge in [0.1, 0.15) is 11.4 Å². The van der Waals surface area contributed by atoms with Crippen molar-refractivity contribution in [3.05, 3.63) is 29.6 Å². The number of carbonyl (C=O) groups is 2. The van der Waals surface area contributed by atoms with Gasteiger partial charge in [0.05, 0.1) is 5.69 Å². The van der Waals surface area contributed by atoms with Crippen molar-refractivity contribution >= 4 is 17.7 Å². The number of anilines is 1. The number of amides is 2. The molecule has 1 fully saturated rings. The van der Waals surface area contributed by atoms with Gasteiger partial charge >= 0.3 is 12.0 Å². The largest absolute Gasteiger partial charge is 0.478 e. The normalized spacial score (nSPS) is 21.6. The Hall–Kier alpha value is -2.11. The molecule has 1 aromatic rings. The molecule has 5 nitrogen and oxygen atoms in total. The van der Waals surface area contributed by atoms with Crippen molar-refractivity contribution in [1.29, 1.82) is 0 Å². The molecule has 0 heterocycles.